The zero-order valence-corrected chi connectivity index (χ0v) is 12.0. The fraction of sp³-hybridized carbons (Fsp3) is 0.375. The van der Waals surface area contributed by atoms with E-state index in [9.17, 15) is 0 Å². The van der Waals surface area contributed by atoms with Crippen molar-refractivity contribution in [1.82, 2.24) is 14.9 Å². The molecule has 0 bridgehead atoms. The average Bonchev–Trinajstić information content (AvgIpc) is 3.03. The fourth-order valence-corrected chi connectivity index (χ4v) is 2.02. The number of nitriles is 1. The zero-order valence-electron chi connectivity index (χ0n) is 12.0. The molecule has 0 atom stereocenters. The van der Waals surface area contributed by atoms with Crippen molar-refractivity contribution in [3.63, 3.8) is 0 Å². The van der Waals surface area contributed by atoms with Crippen LogP contribution in [0.4, 0.5) is 0 Å². The number of nitrogens with zero attached hydrogens (tertiary/aromatic N) is 3. The van der Waals surface area contributed by atoms with Gasteiger partial charge in [0.05, 0.1) is 6.33 Å². The summed E-state index contributed by atoms with van der Waals surface area (Å²) in [5, 5.41) is 11.9. The van der Waals surface area contributed by atoms with Crippen LogP contribution < -0.4 is 10.1 Å². The normalized spacial score (nSPS) is 10.2. The summed E-state index contributed by atoms with van der Waals surface area (Å²) in [6, 6.07) is 9.79. The van der Waals surface area contributed by atoms with Gasteiger partial charge in [-0.2, -0.15) is 5.26 Å². The van der Waals surface area contributed by atoms with Gasteiger partial charge < -0.3 is 14.6 Å². The van der Waals surface area contributed by atoms with Crippen LogP contribution in [0.25, 0.3) is 0 Å². The first kappa shape index (κ1) is 15.1. The summed E-state index contributed by atoms with van der Waals surface area (Å²) in [4.78, 5) is 4.02. The number of benzene rings is 1. The molecule has 1 aromatic heterocycles. The van der Waals surface area contributed by atoms with Gasteiger partial charge >= 0.3 is 0 Å². The van der Waals surface area contributed by atoms with E-state index in [-0.39, 0.29) is 6.61 Å². The van der Waals surface area contributed by atoms with Gasteiger partial charge in [-0.1, -0.05) is 12.1 Å². The van der Waals surface area contributed by atoms with E-state index in [1.807, 2.05) is 49.1 Å². The van der Waals surface area contributed by atoms with Gasteiger partial charge in [-0.25, -0.2) is 4.98 Å². The number of hydrogen-bond acceptors (Lipinski definition) is 4. The third kappa shape index (κ3) is 5.67. The Hall–Kier alpha value is -2.32. The molecule has 0 saturated carbocycles. The molecule has 1 N–H and O–H groups in total. The maximum atomic E-state index is 8.44. The smallest absolute Gasteiger partial charge is 0.174 e. The Morgan fingerprint density at radius 1 is 1.24 bits per heavy atom. The number of unbranched alkanes of at least 4 members (excludes halogenated alkanes) is 1. The van der Waals surface area contributed by atoms with Crippen LogP contribution >= 0.6 is 0 Å². The van der Waals surface area contributed by atoms with E-state index in [1.165, 1.54) is 5.56 Å². The number of aryl methyl sites for hydroxylation is 1. The van der Waals surface area contributed by atoms with Crippen LogP contribution in [0, 0.1) is 11.3 Å². The van der Waals surface area contributed by atoms with E-state index in [0.717, 1.165) is 38.2 Å². The molecule has 0 radical (unpaired) electrons. The van der Waals surface area contributed by atoms with Gasteiger partial charge in [-0.05, 0) is 37.1 Å². The number of ether oxygens (including phenoxy) is 1. The molecule has 0 amide bonds. The quantitative estimate of drug-likeness (QED) is 0.718. The van der Waals surface area contributed by atoms with Crippen LogP contribution in [0.15, 0.2) is 43.0 Å². The van der Waals surface area contributed by atoms with Crippen molar-refractivity contribution >= 4 is 0 Å². The topological polar surface area (TPSA) is 62.9 Å². The highest BCUT2D eigenvalue weighted by atomic mass is 16.5. The van der Waals surface area contributed by atoms with Crippen molar-refractivity contribution in [2.75, 3.05) is 13.2 Å². The lowest BCUT2D eigenvalue weighted by Crippen LogP contribution is -2.15. The molecule has 1 heterocycles. The molecule has 110 valence electrons. The van der Waals surface area contributed by atoms with Crippen LogP contribution in [0.5, 0.6) is 5.75 Å². The van der Waals surface area contributed by atoms with Crippen molar-refractivity contribution in [3.8, 4) is 11.8 Å². The second kappa shape index (κ2) is 8.77. The van der Waals surface area contributed by atoms with E-state index in [0.29, 0.717) is 0 Å². The molecule has 0 aliphatic heterocycles. The van der Waals surface area contributed by atoms with E-state index < -0.39 is 0 Å². The number of aromatic nitrogens is 2. The monoisotopic (exact) mass is 284 g/mol. The zero-order chi connectivity index (χ0) is 14.8. The van der Waals surface area contributed by atoms with E-state index >= 15 is 0 Å². The summed E-state index contributed by atoms with van der Waals surface area (Å²) in [5.41, 5.74) is 1.22. The molecule has 2 aromatic rings. The van der Waals surface area contributed by atoms with Gasteiger partial charge in [0.25, 0.3) is 0 Å². The number of hydrogen-bond donors (Lipinski definition) is 1. The average molecular weight is 284 g/mol. The van der Waals surface area contributed by atoms with Crippen LogP contribution in [-0.4, -0.2) is 22.7 Å². The Labute approximate surface area is 125 Å². The number of rotatable bonds is 9. The molecule has 0 spiro atoms. The second-order valence-corrected chi connectivity index (χ2v) is 4.78. The lowest BCUT2D eigenvalue weighted by Gasteiger charge is -2.07. The molecular formula is C16H20N4O. The Balaban J connectivity index is 1.57. The third-order valence-electron chi connectivity index (χ3n) is 3.13. The van der Waals surface area contributed by atoms with Crippen molar-refractivity contribution < 1.29 is 4.74 Å². The minimum Gasteiger partial charge on any atom is -0.479 e. The van der Waals surface area contributed by atoms with Gasteiger partial charge in [0, 0.05) is 25.5 Å². The largest absolute Gasteiger partial charge is 0.479 e. The molecular weight excluding hydrogens is 264 g/mol. The van der Waals surface area contributed by atoms with E-state index in [4.69, 9.17) is 10.00 Å². The third-order valence-corrected chi connectivity index (χ3v) is 3.13. The van der Waals surface area contributed by atoms with Gasteiger partial charge in [-0.15, -0.1) is 0 Å². The molecule has 0 aliphatic rings. The maximum absolute atomic E-state index is 8.44. The first-order valence-corrected chi connectivity index (χ1v) is 7.13. The summed E-state index contributed by atoms with van der Waals surface area (Å²) in [6.07, 6.45) is 7.93. The molecule has 1 aromatic carbocycles. The van der Waals surface area contributed by atoms with Gasteiger partial charge in [0.2, 0.25) is 0 Å². The molecule has 0 unspecified atom stereocenters. The van der Waals surface area contributed by atoms with Crippen molar-refractivity contribution in [3.05, 3.63) is 48.5 Å². The Morgan fingerprint density at radius 3 is 2.81 bits per heavy atom. The standard InChI is InChI=1S/C16H20N4O/c17-7-12-21-16-5-3-15(4-6-16)13-18-8-1-2-10-20-11-9-19-14-20/h3-6,9,11,14,18H,1-2,8,10,12-13H2. The number of imidazole rings is 1. The Kier molecular flexibility index (Phi) is 6.30. The van der Waals surface area contributed by atoms with Gasteiger partial charge in [0.15, 0.2) is 6.61 Å². The minimum atomic E-state index is 0.0918. The van der Waals surface area contributed by atoms with E-state index in [2.05, 4.69) is 14.9 Å². The summed E-state index contributed by atoms with van der Waals surface area (Å²) in [5.74, 6) is 0.737. The first-order chi connectivity index (χ1) is 10.4. The first-order valence-electron chi connectivity index (χ1n) is 7.13. The van der Waals surface area contributed by atoms with Crippen molar-refractivity contribution in [1.29, 1.82) is 5.26 Å². The molecule has 0 saturated heterocycles. The van der Waals surface area contributed by atoms with Crippen LogP contribution in [0.3, 0.4) is 0 Å². The van der Waals surface area contributed by atoms with Crippen LogP contribution in [0.2, 0.25) is 0 Å². The second-order valence-electron chi connectivity index (χ2n) is 4.78. The van der Waals surface area contributed by atoms with Crippen molar-refractivity contribution in [2.24, 2.45) is 0 Å². The summed E-state index contributed by atoms with van der Waals surface area (Å²) in [6.45, 7) is 2.96. The molecule has 2 rings (SSSR count). The molecule has 0 fully saturated rings. The summed E-state index contributed by atoms with van der Waals surface area (Å²) in [7, 11) is 0. The molecule has 0 aliphatic carbocycles. The van der Waals surface area contributed by atoms with Gasteiger partial charge in [-0.3, -0.25) is 0 Å². The number of nitrogens with one attached hydrogen (secondary N) is 1. The predicted molar refractivity (Wildman–Crippen MR) is 80.7 cm³/mol. The minimum absolute atomic E-state index is 0.0918. The maximum Gasteiger partial charge on any atom is 0.174 e. The fourth-order valence-electron chi connectivity index (χ4n) is 2.02. The summed E-state index contributed by atoms with van der Waals surface area (Å²) >= 11 is 0. The van der Waals surface area contributed by atoms with Gasteiger partial charge in [0.1, 0.15) is 11.8 Å². The molecule has 5 heteroatoms. The lowest BCUT2D eigenvalue weighted by molar-refractivity contribution is 0.368. The highest BCUT2D eigenvalue weighted by Crippen LogP contribution is 2.11. The van der Waals surface area contributed by atoms with Crippen LogP contribution in [-0.2, 0) is 13.1 Å². The lowest BCUT2D eigenvalue weighted by atomic mass is 10.2. The summed E-state index contributed by atoms with van der Waals surface area (Å²) < 4.78 is 7.31. The highest BCUT2D eigenvalue weighted by Gasteiger charge is 1.96. The Morgan fingerprint density at radius 2 is 2.10 bits per heavy atom. The van der Waals surface area contributed by atoms with E-state index in [1.54, 1.807) is 0 Å². The molecule has 21 heavy (non-hydrogen) atoms. The van der Waals surface area contributed by atoms with Crippen LogP contribution in [0.1, 0.15) is 18.4 Å². The Bertz CT molecular complexity index is 543. The van der Waals surface area contributed by atoms with Crippen molar-refractivity contribution in [2.45, 2.75) is 25.9 Å². The highest BCUT2D eigenvalue weighted by molar-refractivity contribution is 5.27. The SMILES string of the molecule is N#CCOc1ccc(CNCCCCn2ccnc2)cc1. The predicted octanol–water partition coefficient (Wildman–Crippen LogP) is 2.36. The molecule has 5 nitrogen and oxygen atoms in total.